The topological polar surface area (TPSA) is 35.6 Å². The lowest BCUT2D eigenvalue weighted by Crippen LogP contribution is -2.46. The lowest BCUT2D eigenvalue weighted by Gasteiger charge is -2.32. The van der Waals surface area contributed by atoms with Crippen LogP contribution in [-0.4, -0.2) is 62.0 Å². The first-order valence-corrected chi connectivity index (χ1v) is 7.90. The Kier molecular flexibility index (Phi) is 16.8. The molecule has 1 aliphatic heterocycles. The van der Waals surface area contributed by atoms with Gasteiger partial charge in [0.05, 0.1) is 0 Å². The van der Waals surface area contributed by atoms with Gasteiger partial charge in [-0.1, -0.05) is 34.6 Å². The van der Waals surface area contributed by atoms with Crippen molar-refractivity contribution in [2.45, 2.75) is 47.5 Å². The summed E-state index contributed by atoms with van der Waals surface area (Å²) in [7, 11) is 2.15. The summed E-state index contributed by atoms with van der Waals surface area (Å²) in [6, 6.07) is 0. The monoisotopic (exact) mass is 273 g/mol. The Bertz CT molecular complexity index is 190. The second kappa shape index (κ2) is 15.4. The summed E-state index contributed by atoms with van der Waals surface area (Å²) >= 11 is 0. The number of carbonyl (C=O) groups excluding carboxylic acids is 1. The number of nitrogens with zero attached hydrogens (tertiary/aromatic N) is 2. The number of hydrogen-bond acceptors (Lipinski definition) is 3. The van der Waals surface area contributed by atoms with Gasteiger partial charge in [-0.25, -0.2) is 0 Å². The first kappa shape index (κ1) is 20.7. The highest BCUT2D eigenvalue weighted by Gasteiger charge is 2.12. The van der Waals surface area contributed by atoms with Crippen LogP contribution in [0.25, 0.3) is 0 Å². The molecule has 19 heavy (non-hydrogen) atoms. The van der Waals surface area contributed by atoms with Gasteiger partial charge in [0, 0.05) is 45.7 Å². The molecule has 0 bridgehead atoms. The Morgan fingerprint density at radius 3 is 2.05 bits per heavy atom. The summed E-state index contributed by atoms with van der Waals surface area (Å²) in [5, 5.41) is 2.95. The molecule has 1 saturated heterocycles. The number of carbonyl (C=O) groups is 1. The average Bonchev–Trinajstić information content (AvgIpc) is 2.46. The molecule has 1 amide bonds. The molecule has 0 radical (unpaired) electrons. The van der Waals surface area contributed by atoms with Crippen molar-refractivity contribution in [1.82, 2.24) is 15.1 Å². The molecule has 0 spiro atoms. The van der Waals surface area contributed by atoms with Crippen LogP contribution in [0.15, 0.2) is 0 Å². The van der Waals surface area contributed by atoms with E-state index in [-0.39, 0.29) is 5.91 Å². The van der Waals surface area contributed by atoms with Gasteiger partial charge in [0.1, 0.15) is 0 Å². The van der Waals surface area contributed by atoms with Crippen LogP contribution in [0, 0.1) is 0 Å². The predicted octanol–water partition coefficient (Wildman–Crippen LogP) is 2.20. The molecule has 0 unspecified atom stereocenters. The van der Waals surface area contributed by atoms with Gasteiger partial charge < -0.3 is 10.2 Å². The van der Waals surface area contributed by atoms with Crippen molar-refractivity contribution in [2.24, 2.45) is 0 Å². The molecule has 0 aromatic carbocycles. The van der Waals surface area contributed by atoms with E-state index in [0.717, 1.165) is 45.7 Å². The molecule has 1 heterocycles. The second-order valence-corrected chi connectivity index (χ2v) is 4.24. The van der Waals surface area contributed by atoms with E-state index in [9.17, 15) is 4.79 Å². The van der Waals surface area contributed by atoms with Crippen LogP contribution < -0.4 is 5.32 Å². The molecule has 116 valence electrons. The Labute approximate surface area is 120 Å². The Balaban J connectivity index is 0. The molecule has 0 aromatic heterocycles. The highest BCUT2D eigenvalue weighted by atomic mass is 16.1. The largest absolute Gasteiger partial charge is 0.355 e. The van der Waals surface area contributed by atoms with Crippen molar-refractivity contribution in [3.8, 4) is 0 Å². The van der Waals surface area contributed by atoms with E-state index in [4.69, 9.17) is 0 Å². The SMILES string of the molecule is CC.CC.CCCC(=O)NCCN1CCN(C)CC1. The molecular formula is C15H35N3O. The zero-order chi connectivity index (χ0) is 15.1. The van der Waals surface area contributed by atoms with E-state index in [2.05, 4.69) is 22.2 Å². The number of rotatable bonds is 5. The van der Waals surface area contributed by atoms with Crippen molar-refractivity contribution in [1.29, 1.82) is 0 Å². The zero-order valence-electron chi connectivity index (χ0n) is 14.0. The predicted molar refractivity (Wildman–Crippen MR) is 84.6 cm³/mol. The molecule has 1 rings (SSSR count). The maximum absolute atomic E-state index is 11.2. The Morgan fingerprint density at radius 2 is 1.58 bits per heavy atom. The van der Waals surface area contributed by atoms with Gasteiger partial charge in [0.15, 0.2) is 0 Å². The normalized spacial score (nSPS) is 15.7. The van der Waals surface area contributed by atoms with Gasteiger partial charge in [-0.3, -0.25) is 9.69 Å². The van der Waals surface area contributed by atoms with Gasteiger partial charge >= 0.3 is 0 Å². The molecular weight excluding hydrogens is 238 g/mol. The molecule has 4 nitrogen and oxygen atoms in total. The lowest BCUT2D eigenvalue weighted by molar-refractivity contribution is -0.121. The highest BCUT2D eigenvalue weighted by Crippen LogP contribution is 1.97. The van der Waals surface area contributed by atoms with Gasteiger partial charge in [-0.2, -0.15) is 0 Å². The summed E-state index contributed by atoms with van der Waals surface area (Å²) in [6.45, 7) is 16.3. The van der Waals surface area contributed by atoms with E-state index in [1.54, 1.807) is 0 Å². The van der Waals surface area contributed by atoms with Crippen molar-refractivity contribution in [3.05, 3.63) is 0 Å². The van der Waals surface area contributed by atoms with Crippen molar-refractivity contribution < 1.29 is 4.79 Å². The molecule has 0 aromatic rings. The van der Waals surface area contributed by atoms with Crippen LogP contribution in [0.3, 0.4) is 0 Å². The smallest absolute Gasteiger partial charge is 0.220 e. The van der Waals surface area contributed by atoms with Crippen LogP contribution in [0.4, 0.5) is 0 Å². The first-order valence-electron chi connectivity index (χ1n) is 7.90. The average molecular weight is 273 g/mol. The zero-order valence-corrected chi connectivity index (χ0v) is 14.0. The fraction of sp³-hybridized carbons (Fsp3) is 0.933. The summed E-state index contributed by atoms with van der Waals surface area (Å²) in [4.78, 5) is 15.9. The maximum Gasteiger partial charge on any atom is 0.220 e. The minimum atomic E-state index is 0.187. The molecule has 0 atom stereocenters. The van der Waals surface area contributed by atoms with Crippen LogP contribution in [0.5, 0.6) is 0 Å². The number of likely N-dealkylation sites (N-methyl/N-ethyl adjacent to an activating group) is 1. The van der Waals surface area contributed by atoms with Crippen molar-refractivity contribution in [3.63, 3.8) is 0 Å². The van der Waals surface area contributed by atoms with E-state index < -0.39 is 0 Å². The quantitative estimate of drug-likeness (QED) is 0.834. The van der Waals surface area contributed by atoms with Crippen molar-refractivity contribution >= 4 is 5.91 Å². The Hall–Kier alpha value is -0.610. The first-order chi connectivity index (χ1) is 9.22. The third kappa shape index (κ3) is 12.2. The lowest BCUT2D eigenvalue weighted by atomic mass is 10.3. The van der Waals surface area contributed by atoms with Crippen LogP contribution in [0.2, 0.25) is 0 Å². The molecule has 1 N–H and O–H groups in total. The van der Waals surface area contributed by atoms with E-state index in [1.165, 1.54) is 0 Å². The number of piperazine rings is 1. The highest BCUT2D eigenvalue weighted by molar-refractivity contribution is 5.75. The van der Waals surface area contributed by atoms with E-state index >= 15 is 0 Å². The summed E-state index contributed by atoms with van der Waals surface area (Å²) in [5.74, 6) is 0.187. The van der Waals surface area contributed by atoms with Crippen LogP contribution in [0.1, 0.15) is 47.5 Å². The number of nitrogens with one attached hydrogen (secondary N) is 1. The maximum atomic E-state index is 11.2. The fourth-order valence-corrected chi connectivity index (χ4v) is 1.74. The van der Waals surface area contributed by atoms with Gasteiger partial charge in [-0.05, 0) is 13.5 Å². The van der Waals surface area contributed by atoms with Gasteiger partial charge in [-0.15, -0.1) is 0 Å². The second-order valence-electron chi connectivity index (χ2n) is 4.24. The van der Waals surface area contributed by atoms with E-state index in [1.807, 2.05) is 34.6 Å². The molecule has 0 saturated carbocycles. The summed E-state index contributed by atoms with van der Waals surface area (Å²) < 4.78 is 0. The molecule has 4 heteroatoms. The van der Waals surface area contributed by atoms with Crippen molar-refractivity contribution in [2.75, 3.05) is 46.3 Å². The summed E-state index contributed by atoms with van der Waals surface area (Å²) in [5.41, 5.74) is 0. The van der Waals surface area contributed by atoms with E-state index in [0.29, 0.717) is 6.42 Å². The van der Waals surface area contributed by atoms with Gasteiger partial charge in [0.2, 0.25) is 5.91 Å². The third-order valence-corrected chi connectivity index (χ3v) is 2.82. The Morgan fingerprint density at radius 1 is 1.05 bits per heavy atom. The van der Waals surface area contributed by atoms with Gasteiger partial charge in [0.25, 0.3) is 0 Å². The molecule has 1 fully saturated rings. The number of hydrogen-bond donors (Lipinski definition) is 1. The molecule has 0 aliphatic carbocycles. The summed E-state index contributed by atoms with van der Waals surface area (Å²) in [6.07, 6.45) is 1.59. The third-order valence-electron chi connectivity index (χ3n) is 2.82. The standard InChI is InChI=1S/C11H23N3O.2C2H6/c1-3-4-11(15)12-5-6-14-9-7-13(2)8-10-14;2*1-2/h3-10H2,1-2H3,(H,12,15);2*1-2H3. The van der Waals surface area contributed by atoms with Crippen LogP contribution in [-0.2, 0) is 4.79 Å². The number of amides is 1. The minimum Gasteiger partial charge on any atom is -0.355 e. The molecule has 1 aliphatic rings. The van der Waals surface area contributed by atoms with Crippen LogP contribution >= 0.6 is 0 Å². The fourth-order valence-electron chi connectivity index (χ4n) is 1.74. The minimum absolute atomic E-state index is 0.187.